The number of alkyl halides is 3. The number of halogens is 3. The molecule has 0 radical (unpaired) electrons. The number of anilines is 1. The number of pyridine rings is 1. The van der Waals surface area contributed by atoms with E-state index in [1.165, 1.54) is 29.2 Å². The quantitative estimate of drug-likeness (QED) is 0.506. The number of thioether (sulfide) groups is 1. The lowest BCUT2D eigenvalue weighted by Crippen LogP contribution is -2.33. The van der Waals surface area contributed by atoms with Gasteiger partial charge in [-0.25, -0.2) is 14.7 Å². The van der Waals surface area contributed by atoms with E-state index in [2.05, 4.69) is 4.98 Å². The summed E-state index contributed by atoms with van der Waals surface area (Å²) in [6.07, 6.45) is 1.56. The third-order valence-electron chi connectivity index (χ3n) is 4.26. The molecule has 0 N–H and O–H groups in total. The number of imide groups is 1. The Morgan fingerprint density at radius 2 is 1.86 bits per heavy atom. The smallest absolute Gasteiger partial charge is 0.446 e. The van der Waals surface area contributed by atoms with Gasteiger partial charge >= 0.3 is 11.5 Å². The van der Waals surface area contributed by atoms with Crippen LogP contribution < -0.4 is 9.64 Å². The molecule has 0 bridgehead atoms. The van der Waals surface area contributed by atoms with Gasteiger partial charge in [-0.1, -0.05) is 0 Å². The average Bonchev–Trinajstić information content (AvgIpc) is 2.85. The van der Waals surface area contributed by atoms with Gasteiger partial charge in [-0.15, -0.1) is 0 Å². The van der Waals surface area contributed by atoms with Gasteiger partial charge in [0.25, 0.3) is 5.91 Å². The maximum absolute atomic E-state index is 12.9. The number of hydrogen-bond acceptors (Lipinski definition) is 5. The van der Waals surface area contributed by atoms with Crippen LogP contribution in [0.25, 0.3) is 0 Å². The van der Waals surface area contributed by atoms with Crippen LogP contribution in [0.4, 0.5) is 23.7 Å². The van der Waals surface area contributed by atoms with E-state index >= 15 is 0 Å². The lowest BCUT2D eigenvalue weighted by Gasteiger charge is -2.19. The van der Waals surface area contributed by atoms with Gasteiger partial charge in [0.1, 0.15) is 6.04 Å². The Morgan fingerprint density at radius 1 is 1.17 bits per heavy atom. The highest BCUT2D eigenvalue weighted by Gasteiger charge is 2.43. The molecule has 1 fully saturated rings. The van der Waals surface area contributed by atoms with Crippen molar-refractivity contribution >= 4 is 29.4 Å². The van der Waals surface area contributed by atoms with E-state index < -0.39 is 23.5 Å². The van der Waals surface area contributed by atoms with Gasteiger partial charge in [0, 0.05) is 23.7 Å². The predicted molar refractivity (Wildman–Crippen MR) is 102 cm³/mol. The zero-order valence-electron chi connectivity index (χ0n) is 15.6. The Labute approximate surface area is 169 Å². The Morgan fingerprint density at radius 3 is 2.48 bits per heavy atom. The second-order valence-electron chi connectivity index (χ2n) is 6.24. The van der Waals surface area contributed by atoms with Crippen LogP contribution in [0.3, 0.4) is 0 Å². The monoisotopic (exact) mass is 425 g/mol. The summed E-state index contributed by atoms with van der Waals surface area (Å²) in [5.41, 5.74) is -3.43. The zero-order valence-corrected chi connectivity index (χ0v) is 16.5. The maximum atomic E-state index is 12.9. The van der Waals surface area contributed by atoms with E-state index in [1.807, 2.05) is 6.92 Å². The molecule has 1 aromatic carbocycles. The van der Waals surface area contributed by atoms with E-state index in [0.717, 1.165) is 10.5 Å². The van der Waals surface area contributed by atoms with Gasteiger partial charge in [-0.3, -0.25) is 4.79 Å². The first kappa shape index (κ1) is 21.0. The second kappa shape index (κ2) is 8.32. The van der Waals surface area contributed by atoms with Crippen molar-refractivity contribution in [3.05, 3.63) is 48.2 Å². The number of urea groups is 1. The van der Waals surface area contributed by atoms with Crippen LogP contribution in [0.15, 0.2) is 47.5 Å². The Hall–Kier alpha value is -2.75. The number of carbonyl (C=O) groups is 2. The summed E-state index contributed by atoms with van der Waals surface area (Å²) >= 11 is -0.255. The highest BCUT2D eigenvalue weighted by atomic mass is 32.2. The Balaban J connectivity index is 1.78. The van der Waals surface area contributed by atoms with E-state index in [1.54, 1.807) is 25.3 Å². The molecule has 0 aliphatic carbocycles. The van der Waals surface area contributed by atoms with E-state index in [-0.39, 0.29) is 28.9 Å². The Bertz CT molecular complexity index is 906. The summed E-state index contributed by atoms with van der Waals surface area (Å²) in [6, 6.07) is 7.30. The van der Waals surface area contributed by atoms with Gasteiger partial charge in [-0.05, 0) is 61.5 Å². The van der Waals surface area contributed by atoms with Crippen LogP contribution >= 0.6 is 11.8 Å². The molecule has 2 aromatic rings. The highest BCUT2D eigenvalue weighted by molar-refractivity contribution is 8.00. The van der Waals surface area contributed by atoms with E-state index in [9.17, 15) is 22.8 Å². The normalized spacial score (nSPS) is 17.2. The largest absolute Gasteiger partial charge is 0.478 e. The standard InChI is InChI=1S/C19H18F3N3O3S/c1-3-28-16-10-13(8-9-23-16)11-24-12(2)17(26)25(18(24)27)14-4-6-15(7-5-14)29-19(20,21)22/h4-10,12H,3,11H2,1-2H3. The summed E-state index contributed by atoms with van der Waals surface area (Å²) in [5, 5.41) is 0. The van der Waals surface area contributed by atoms with Crippen molar-refractivity contribution in [1.29, 1.82) is 0 Å². The number of aromatic nitrogens is 1. The van der Waals surface area contributed by atoms with Crippen LogP contribution in [0.2, 0.25) is 0 Å². The molecule has 1 saturated heterocycles. The summed E-state index contributed by atoms with van der Waals surface area (Å²) < 4.78 is 42.8. The minimum absolute atomic E-state index is 0.0227. The molecule has 0 saturated carbocycles. The number of nitrogens with zero attached hydrogens (tertiary/aromatic N) is 3. The van der Waals surface area contributed by atoms with Crippen LogP contribution in [0.1, 0.15) is 19.4 Å². The van der Waals surface area contributed by atoms with Crippen molar-refractivity contribution in [2.45, 2.75) is 36.8 Å². The van der Waals surface area contributed by atoms with Gasteiger partial charge in [0.05, 0.1) is 12.3 Å². The zero-order chi connectivity index (χ0) is 21.2. The minimum atomic E-state index is -4.41. The maximum Gasteiger partial charge on any atom is 0.446 e. The van der Waals surface area contributed by atoms with Crippen molar-refractivity contribution < 1.29 is 27.5 Å². The average molecular weight is 425 g/mol. The second-order valence-corrected chi connectivity index (χ2v) is 7.38. The molecule has 29 heavy (non-hydrogen) atoms. The summed E-state index contributed by atoms with van der Waals surface area (Å²) in [6.45, 7) is 4.06. The van der Waals surface area contributed by atoms with Crippen molar-refractivity contribution in [3.8, 4) is 5.88 Å². The number of benzene rings is 1. The minimum Gasteiger partial charge on any atom is -0.478 e. The number of amides is 3. The molecule has 1 aromatic heterocycles. The molecule has 1 aliphatic heterocycles. The first-order valence-corrected chi connectivity index (χ1v) is 9.59. The van der Waals surface area contributed by atoms with Gasteiger partial charge in [0.2, 0.25) is 5.88 Å². The predicted octanol–water partition coefficient (Wildman–Crippen LogP) is 4.45. The summed E-state index contributed by atoms with van der Waals surface area (Å²) in [7, 11) is 0. The number of rotatable bonds is 6. The topological polar surface area (TPSA) is 62.7 Å². The third-order valence-corrected chi connectivity index (χ3v) is 4.99. The third kappa shape index (κ3) is 4.81. The molecule has 1 atom stereocenters. The van der Waals surface area contributed by atoms with Crippen LogP contribution in [-0.4, -0.2) is 40.0 Å². The molecule has 0 spiro atoms. The molecule has 3 amide bonds. The van der Waals surface area contributed by atoms with Gasteiger partial charge in [-0.2, -0.15) is 13.2 Å². The van der Waals surface area contributed by atoms with Crippen molar-refractivity contribution in [1.82, 2.24) is 9.88 Å². The lowest BCUT2D eigenvalue weighted by molar-refractivity contribution is -0.119. The van der Waals surface area contributed by atoms with Crippen LogP contribution in [0, 0.1) is 0 Å². The molecule has 6 nitrogen and oxygen atoms in total. The molecule has 1 unspecified atom stereocenters. The van der Waals surface area contributed by atoms with Gasteiger partial charge in [0.15, 0.2) is 0 Å². The van der Waals surface area contributed by atoms with E-state index in [0.29, 0.717) is 12.5 Å². The first-order valence-electron chi connectivity index (χ1n) is 8.77. The molecule has 2 heterocycles. The molecule has 154 valence electrons. The summed E-state index contributed by atoms with van der Waals surface area (Å²) in [5.74, 6) is -0.0180. The van der Waals surface area contributed by atoms with Crippen molar-refractivity contribution in [2.75, 3.05) is 11.5 Å². The van der Waals surface area contributed by atoms with Crippen molar-refractivity contribution in [3.63, 3.8) is 0 Å². The fourth-order valence-corrected chi connectivity index (χ4v) is 3.46. The number of ether oxygens (including phenoxy) is 1. The Kier molecular flexibility index (Phi) is 6.02. The molecular formula is C19H18F3N3O3S. The molecule has 1 aliphatic rings. The SMILES string of the molecule is CCOc1cc(CN2C(=O)N(c3ccc(SC(F)(F)F)cc3)C(=O)C2C)ccn1. The van der Waals surface area contributed by atoms with Crippen LogP contribution in [-0.2, 0) is 11.3 Å². The first-order chi connectivity index (χ1) is 13.7. The number of hydrogen-bond donors (Lipinski definition) is 0. The fraction of sp³-hybridized carbons (Fsp3) is 0.316. The molecule has 10 heteroatoms. The lowest BCUT2D eigenvalue weighted by atomic mass is 10.2. The summed E-state index contributed by atoms with van der Waals surface area (Å²) in [4.78, 5) is 31.9. The molecule has 3 rings (SSSR count). The van der Waals surface area contributed by atoms with Crippen molar-refractivity contribution in [2.24, 2.45) is 0 Å². The van der Waals surface area contributed by atoms with E-state index in [4.69, 9.17) is 4.74 Å². The number of carbonyl (C=O) groups excluding carboxylic acids is 2. The molecular weight excluding hydrogens is 407 g/mol. The highest BCUT2D eigenvalue weighted by Crippen LogP contribution is 2.38. The fourth-order valence-electron chi connectivity index (χ4n) is 2.92. The van der Waals surface area contributed by atoms with Gasteiger partial charge < -0.3 is 9.64 Å². The van der Waals surface area contributed by atoms with Crippen LogP contribution in [0.5, 0.6) is 5.88 Å².